The van der Waals surface area contributed by atoms with Gasteiger partial charge in [0.15, 0.2) is 0 Å². The minimum Gasteiger partial charge on any atom is -0.389 e. The lowest BCUT2D eigenvalue weighted by Gasteiger charge is -2.08. The number of primary amides is 1. The Bertz CT molecular complexity index is 435. The highest BCUT2D eigenvalue weighted by molar-refractivity contribution is 7.80. The minimum atomic E-state index is -0.548. The second-order valence-corrected chi connectivity index (χ2v) is 3.90. The molecule has 92 valence electrons. The number of carbonyl (C=O) groups excluding carboxylic acids is 1. The first-order chi connectivity index (χ1) is 7.99. The molecule has 1 aromatic rings. The van der Waals surface area contributed by atoms with Crippen LogP contribution in [0, 0.1) is 6.92 Å². The molecule has 0 radical (unpaired) electrons. The van der Waals surface area contributed by atoms with Crippen LogP contribution in [-0.2, 0) is 0 Å². The molecule has 6 N–H and O–H groups in total. The number of anilines is 1. The third-order valence-corrected chi connectivity index (χ3v) is 2.20. The summed E-state index contributed by atoms with van der Waals surface area (Å²) in [5.41, 5.74) is 12.1. The molecular weight excluding hydrogens is 238 g/mol. The van der Waals surface area contributed by atoms with Gasteiger partial charge in [-0.1, -0.05) is 12.2 Å². The normalized spacial score (nSPS) is 9.71. The Kier molecular flexibility index (Phi) is 4.65. The average Bonchev–Trinajstić information content (AvgIpc) is 2.23. The van der Waals surface area contributed by atoms with Gasteiger partial charge in [-0.05, 0) is 19.1 Å². The number of nitrogens with two attached hydrogens (primary N) is 2. The van der Waals surface area contributed by atoms with Gasteiger partial charge in [-0.25, -0.2) is 9.78 Å². The van der Waals surface area contributed by atoms with Crippen LogP contribution in [0.15, 0.2) is 12.1 Å². The number of pyridine rings is 1. The van der Waals surface area contributed by atoms with E-state index in [4.69, 9.17) is 23.7 Å². The maximum absolute atomic E-state index is 10.4. The summed E-state index contributed by atoms with van der Waals surface area (Å²) in [4.78, 5) is 15.0. The van der Waals surface area contributed by atoms with Crippen molar-refractivity contribution in [3.05, 3.63) is 23.4 Å². The summed E-state index contributed by atoms with van der Waals surface area (Å²) in [5, 5.41) is 5.51. The molecule has 0 fully saturated rings. The summed E-state index contributed by atoms with van der Waals surface area (Å²) < 4.78 is 0. The molecule has 0 atom stereocenters. The predicted molar refractivity (Wildman–Crippen MR) is 70.9 cm³/mol. The number of amides is 2. The van der Waals surface area contributed by atoms with Crippen LogP contribution in [0.1, 0.15) is 11.3 Å². The fraction of sp³-hybridized carbons (Fsp3) is 0.300. The van der Waals surface area contributed by atoms with E-state index < -0.39 is 6.03 Å². The van der Waals surface area contributed by atoms with E-state index in [2.05, 4.69) is 15.6 Å². The molecule has 0 saturated heterocycles. The molecule has 0 aliphatic heterocycles. The lowest BCUT2D eigenvalue weighted by Crippen LogP contribution is -2.33. The number of rotatable bonds is 5. The number of nitrogens with zero attached hydrogens (tertiary/aromatic N) is 1. The van der Waals surface area contributed by atoms with Gasteiger partial charge in [0.1, 0.15) is 10.8 Å². The third-order valence-electron chi connectivity index (χ3n) is 1.97. The van der Waals surface area contributed by atoms with Gasteiger partial charge in [-0.2, -0.15) is 0 Å². The van der Waals surface area contributed by atoms with Gasteiger partial charge >= 0.3 is 6.03 Å². The van der Waals surface area contributed by atoms with Gasteiger partial charge in [0.05, 0.1) is 0 Å². The first-order valence-corrected chi connectivity index (χ1v) is 5.45. The molecule has 2 amide bonds. The smallest absolute Gasteiger partial charge is 0.312 e. The summed E-state index contributed by atoms with van der Waals surface area (Å²) in [7, 11) is 0. The number of hydrogen-bond donors (Lipinski definition) is 4. The summed E-state index contributed by atoms with van der Waals surface area (Å²) in [5.74, 6) is 0.666. The van der Waals surface area contributed by atoms with Crippen molar-refractivity contribution in [3.8, 4) is 0 Å². The highest BCUT2D eigenvalue weighted by Crippen LogP contribution is 2.09. The topological polar surface area (TPSA) is 106 Å². The molecule has 17 heavy (non-hydrogen) atoms. The van der Waals surface area contributed by atoms with E-state index in [1.54, 1.807) is 6.07 Å². The van der Waals surface area contributed by atoms with E-state index in [9.17, 15) is 4.79 Å². The van der Waals surface area contributed by atoms with Gasteiger partial charge in [0.25, 0.3) is 0 Å². The monoisotopic (exact) mass is 253 g/mol. The van der Waals surface area contributed by atoms with Crippen molar-refractivity contribution in [2.75, 3.05) is 18.4 Å². The molecule has 0 aliphatic rings. The first-order valence-electron chi connectivity index (χ1n) is 5.04. The van der Waals surface area contributed by atoms with Crippen molar-refractivity contribution >= 4 is 29.1 Å². The minimum absolute atomic E-state index is 0.328. The highest BCUT2D eigenvalue weighted by Gasteiger charge is 2.02. The number of nitrogens with one attached hydrogen (secondary N) is 2. The number of thiocarbonyl (C=S) groups is 1. The maximum atomic E-state index is 10.4. The van der Waals surface area contributed by atoms with Gasteiger partial charge in [-0.15, -0.1) is 0 Å². The Hall–Kier alpha value is -1.89. The molecule has 6 nitrogen and oxygen atoms in total. The van der Waals surface area contributed by atoms with Crippen LogP contribution in [0.3, 0.4) is 0 Å². The second kappa shape index (κ2) is 6.00. The molecule has 0 saturated carbocycles. The van der Waals surface area contributed by atoms with Crippen molar-refractivity contribution in [2.45, 2.75) is 6.92 Å². The zero-order chi connectivity index (χ0) is 12.8. The number of aromatic nitrogens is 1. The van der Waals surface area contributed by atoms with Crippen molar-refractivity contribution in [2.24, 2.45) is 11.5 Å². The standard InChI is InChI=1S/C10H15N5OS/c1-6-4-7(9(11)17)5-8(15-6)13-2-3-14-10(12)16/h4-5H,2-3H2,1H3,(H2,11,17)(H,13,15)(H3,12,14,16). The number of aryl methyl sites for hydroxylation is 1. The van der Waals surface area contributed by atoms with E-state index in [1.165, 1.54) is 0 Å². The summed E-state index contributed by atoms with van der Waals surface area (Å²) >= 11 is 4.90. The molecule has 7 heteroatoms. The van der Waals surface area contributed by atoms with Crippen molar-refractivity contribution in [1.29, 1.82) is 0 Å². The van der Waals surface area contributed by atoms with Crippen LogP contribution < -0.4 is 22.1 Å². The van der Waals surface area contributed by atoms with Crippen LogP contribution in [0.5, 0.6) is 0 Å². The number of urea groups is 1. The van der Waals surface area contributed by atoms with E-state index in [0.717, 1.165) is 11.3 Å². The van der Waals surface area contributed by atoms with E-state index in [-0.39, 0.29) is 0 Å². The van der Waals surface area contributed by atoms with Gasteiger partial charge in [0.2, 0.25) is 0 Å². The van der Waals surface area contributed by atoms with Crippen LogP contribution in [-0.4, -0.2) is 29.1 Å². The van der Waals surface area contributed by atoms with Crippen LogP contribution in [0.2, 0.25) is 0 Å². The fourth-order valence-corrected chi connectivity index (χ4v) is 1.40. The van der Waals surface area contributed by atoms with Crippen LogP contribution in [0.4, 0.5) is 10.6 Å². The third kappa shape index (κ3) is 4.64. The summed E-state index contributed by atoms with van der Waals surface area (Å²) in [6.07, 6.45) is 0. The molecule has 1 aromatic heterocycles. The Morgan fingerprint density at radius 3 is 2.71 bits per heavy atom. The van der Waals surface area contributed by atoms with Gasteiger partial charge in [-0.3, -0.25) is 0 Å². The Morgan fingerprint density at radius 1 is 1.41 bits per heavy atom. The molecule has 0 aliphatic carbocycles. The van der Waals surface area contributed by atoms with Crippen LogP contribution >= 0.6 is 12.2 Å². The highest BCUT2D eigenvalue weighted by atomic mass is 32.1. The Labute approximate surface area is 105 Å². The molecule has 0 unspecified atom stereocenters. The molecule has 0 spiro atoms. The molecular formula is C10H15N5OS. The molecule has 1 rings (SSSR count). The van der Waals surface area contributed by atoms with Crippen molar-refractivity contribution in [3.63, 3.8) is 0 Å². The lowest BCUT2D eigenvalue weighted by molar-refractivity contribution is 0.249. The van der Waals surface area contributed by atoms with Crippen molar-refractivity contribution < 1.29 is 4.79 Å². The van der Waals surface area contributed by atoms with Gasteiger partial charge < -0.3 is 22.1 Å². The predicted octanol–water partition coefficient (Wildman–Crippen LogP) is 0.104. The maximum Gasteiger partial charge on any atom is 0.312 e. The molecule has 0 aromatic carbocycles. The fourth-order valence-electron chi connectivity index (χ4n) is 1.28. The summed E-state index contributed by atoms with van der Waals surface area (Å²) in [6.45, 7) is 2.80. The Balaban J connectivity index is 2.59. The SMILES string of the molecule is Cc1cc(C(N)=S)cc(NCCNC(N)=O)n1. The average molecular weight is 253 g/mol. The second-order valence-electron chi connectivity index (χ2n) is 3.46. The van der Waals surface area contributed by atoms with Crippen molar-refractivity contribution in [1.82, 2.24) is 10.3 Å². The van der Waals surface area contributed by atoms with Crippen LogP contribution in [0.25, 0.3) is 0 Å². The lowest BCUT2D eigenvalue weighted by atomic mass is 10.2. The number of hydrogen-bond acceptors (Lipinski definition) is 4. The summed E-state index contributed by atoms with van der Waals surface area (Å²) in [6, 6.07) is 3.03. The number of carbonyl (C=O) groups is 1. The zero-order valence-corrected chi connectivity index (χ0v) is 10.3. The molecule has 0 bridgehead atoms. The first kappa shape index (κ1) is 13.2. The largest absolute Gasteiger partial charge is 0.389 e. The van der Waals surface area contributed by atoms with E-state index in [1.807, 2.05) is 13.0 Å². The van der Waals surface area contributed by atoms with E-state index >= 15 is 0 Å². The zero-order valence-electron chi connectivity index (χ0n) is 9.49. The van der Waals surface area contributed by atoms with E-state index in [0.29, 0.717) is 23.9 Å². The quantitative estimate of drug-likeness (QED) is 0.440. The Morgan fingerprint density at radius 2 is 2.12 bits per heavy atom. The van der Waals surface area contributed by atoms with Gasteiger partial charge in [0, 0.05) is 24.3 Å². The molecule has 1 heterocycles.